The molecule has 6 nitrogen and oxygen atoms in total. The van der Waals surface area contributed by atoms with Crippen molar-refractivity contribution in [2.24, 2.45) is 11.5 Å². The third-order valence-corrected chi connectivity index (χ3v) is 4.74. The van der Waals surface area contributed by atoms with Crippen molar-refractivity contribution in [1.82, 2.24) is 10.2 Å². The molecule has 112 valence electrons. The van der Waals surface area contributed by atoms with Gasteiger partial charge in [-0.15, -0.1) is 0 Å². The number of primary amides is 2. The van der Waals surface area contributed by atoms with Gasteiger partial charge in [0.25, 0.3) is 0 Å². The van der Waals surface area contributed by atoms with E-state index < -0.39 is 17.5 Å². The van der Waals surface area contributed by atoms with Gasteiger partial charge in [0.15, 0.2) is 0 Å². The van der Waals surface area contributed by atoms with Crippen LogP contribution in [0, 0.1) is 0 Å². The molecule has 3 amide bonds. The first-order valence-electron chi connectivity index (χ1n) is 7.22. The van der Waals surface area contributed by atoms with Gasteiger partial charge in [0.1, 0.15) is 5.54 Å². The number of carbonyl (C=O) groups excluding carboxylic acids is 2. The number of nitrogens with zero attached hydrogens (tertiary/aromatic N) is 1. The van der Waals surface area contributed by atoms with Crippen LogP contribution in [0.4, 0.5) is 4.79 Å². The fourth-order valence-electron chi connectivity index (χ4n) is 3.68. The van der Waals surface area contributed by atoms with Gasteiger partial charge in [-0.05, 0) is 24.0 Å². The Labute approximate surface area is 123 Å². The van der Waals surface area contributed by atoms with Crippen molar-refractivity contribution in [1.29, 1.82) is 0 Å². The Morgan fingerprint density at radius 2 is 2.05 bits per heavy atom. The summed E-state index contributed by atoms with van der Waals surface area (Å²) in [4.78, 5) is 25.2. The molecule has 1 saturated heterocycles. The van der Waals surface area contributed by atoms with E-state index in [4.69, 9.17) is 11.5 Å². The van der Waals surface area contributed by atoms with Crippen molar-refractivity contribution in [2.45, 2.75) is 24.3 Å². The maximum absolute atomic E-state index is 12.2. The fourth-order valence-corrected chi connectivity index (χ4v) is 3.68. The van der Waals surface area contributed by atoms with Crippen molar-refractivity contribution >= 4 is 11.9 Å². The van der Waals surface area contributed by atoms with Crippen molar-refractivity contribution in [3.05, 3.63) is 35.4 Å². The molecule has 0 aromatic heterocycles. The van der Waals surface area contributed by atoms with Gasteiger partial charge in [-0.25, -0.2) is 4.79 Å². The van der Waals surface area contributed by atoms with Crippen molar-refractivity contribution in [3.63, 3.8) is 0 Å². The van der Waals surface area contributed by atoms with Gasteiger partial charge in [0.2, 0.25) is 5.91 Å². The lowest BCUT2D eigenvalue weighted by molar-refractivity contribution is -0.127. The third-order valence-electron chi connectivity index (χ3n) is 4.74. The van der Waals surface area contributed by atoms with Crippen LogP contribution in [-0.4, -0.2) is 42.0 Å². The number of amides is 3. The lowest BCUT2D eigenvalue weighted by Gasteiger charge is -2.44. The molecule has 1 aliphatic heterocycles. The first kappa shape index (κ1) is 13.9. The molecule has 6 heteroatoms. The largest absolute Gasteiger partial charge is 0.368 e. The van der Waals surface area contributed by atoms with E-state index >= 15 is 0 Å². The van der Waals surface area contributed by atoms with E-state index in [0.29, 0.717) is 13.1 Å². The number of benzene rings is 1. The van der Waals surface area contributed by atoms with Gasteiger partial charge in [-0.2, -0.15) is 0 Å². The summed E-state index contributed by atoms with van der Waals surface area (Å²) in [6.07, 6.45) is 1.77. The molecule has 3 rings (SSSR count). The molecule has 0 bridgehead atoms. The highest BCUT2D eigenvalue weighted by atomic mass is 16.2. The highest BCUT2D eigenvalue weighted by Gasteiger charge is 2.50. The predicted molar refractivity (Wildman–Crippen MR) is 78.6 cm³/mol. The molecule has 5 N–H and O–H groups in total. The maximum atomic E-state index is 12.2. The average molecular weight is 288 g/mol. The Hall–Kier alpha value is -2.08. The smallest absolute Gasteiger partial charge is 0.314 e. The molecule has 0 saturated carbocycles. The van der Waals surface area contributed by atoms with E-state index in [1.807, 2.05) is 18.2 Å². The van der Waals surface area contributed by atoms with E-state index in [0.717, 1.165) is 18.4 Å². The molecule has 1 unspecified atom stereocenters. The quantitative estimate of drug-likeness (QED) is 0.709. The number of hydrogen-bond donors (Lipinski definition) is 3. The Bertz CT molecular complexity index is 589. The van der Waals surface area contributed by atoms with Crippen LogP contribution in [-0.2, 0) is 11.2 Å². The number of hydrogen-bond acceptors (Lipinski definition) is 3. The van der Waals surface area contributed by atoms with Crippen molar-refractivity contribution in [2.75, 3.05) is 19.6 Å². The number of urea groups is 1. The highest BCUT2D eigenvalue weighted by Crippen LogP contribution is 2.41. The van der Waals surface area contributed by atoms with Gasteiger partial charge >= 0.3 is 6.03 Å². The molecule has 1 aromatic rings. The summed E-state index contributed by atoms with van der Waals surface area (Å²) in [5.41, 5.74) is 12.6. The van der Waals surface area contributed by atoms with Crippen LogP contribution in [0.3, 0.4) is 0 Å². The van der Waals surface area contributed by atoms with Gasteiger partial charge in [-0.1, -0.05) is 24.3 Å². The second-order valence-corrected chi connectivity index (χ2v) is 5.81. The number of nitrogens with one attached hydrogen (secondary N) is 1. The normalized spacial score (nSPS) is 28.2. The van der Waals surface area contributed by atoms with Crippen LogP contribution in [0.15, 0.2) is 24.3 Å². The molecule has 1 fully saturated rings. The monoisotopic (exact) mass is 288 g/mol. The zero-order valence-corrected chi connectivity index (χ0v) is 11.8. The van der Waals surface area contributed by atoms with E-state index in [-0.39, 0.29) is 12.5 Å². The second kappa shape index (κ2) is 5.04. The van der Waals surface area contributed by atoms with Gasteiger partial charge in [0.05, 0.1) is 6.54 Å². The molecule has 1 aliphatic carbocycles. The molecular formula is C15H20N4O2. The minimum absolute atomic E-state index is 0.0200. The van der Waals surface area contributed by atoms with Crippen molar-refractivity contribution in [3.8, 4) is 0 Å². The fraction of sp³-hybridized carbons (Fsp3) is 0.467. The van der Waals surface area contributed by atoms with Crippen molar-refractivity contribution < 1.29 is 9.59 Å². The first-order valence-corrected chi connectivity index (χ1v) is 7.22. The molecule has 1 heterocycles. The Kier molecular flexibility index (Phi) is 3.33. The number of carbonyl (C=O) groups is 2. The molecule has 1 aromatic carbocycles. The summed E-state index contributed by atoms with van der Waals surface area (Å²) in [5, 5.41) is 3.28. The average Bonchev–Trinajstić information content (AvgIpc) is 2.91. The molecule has 2 aliphatic rings. The number of fused-ring (bicyclic) bond motifs is 1. The summed E-state index contributed by atoms with van der Waals surface area (Å²) in [7, 11) is 0. The van der Waals surface area contributed by atoms with E-state index in [9.17, 15) is 9.59 Å². The van der Waals surface area contributed by atoms with Crippen LogP contribution in [0.2, 0.25) is 0 Å². The molecule has 0 radical (unpaired) electrons. The second-order valence-electron chi connectivity index (χ2n) is 5.81. The maximum Gasteiger partial charge on any atom is 0.314 e. The molecule has 0 spiro atoms. The number of rotatable bonds is 2. The number of nitrogens with two attached hydrogens (primary N) is 2. The summed E-state index contributed by atoms with van der Waals surface area (Å²) < 4.78 is 0. The van der Waals surface area contributed by atoms with Gasteiger partial charge < -0.3 is 16.4 Å². The third kappa shape index (κ3) is 2.15. The van der Waals surface area contributed by atoms with Crippen LogP contribution >= 0.6 is 0 Å². The first-order chi connectivity index (χ1) is 10.0. The molecule has 2 atom stereocenters. The zero-order chi connectivity index (χ0) is 15.0. The number of aryl methyl sites for hydroxylation is 1. The topological polar surface area (TPSA) is 101 Å². The summed E-state index contributed by atoms with van der Waals surface area (Å²) in [6, 6.07) is 7.60. The summed E-state index contributed by atoms with van der Waals surface area (Å²) in [5.74, 6) is -0.441. The zero-order valence-electron chi connectivity index (χ0n) is 11.8. The summed E-state index contributed by atoms with van der Waals surface area (Å²) in [6.45, 7) is 1.25. The van der Waals surface area contributed by atoms with Crippen LogP contribution in [0.1, 0.15) is 23.5 Å². The molecule has 21 heavy (non-hydrogen) atoms. The number of piperazine rings is 1. The highest BCUT2D eigenvalue weighted by molar-refractivity contribution is 5.88. The van der Waals surface area contributed by atoms with Crippen LogP contribution in [0.25, 0.3) is 0 Å². The van der Waals surface area contributed by atoms with Gasteiger partial charge in [0, 0.05) is 19.0 Å². The van der Waals surface area contributed by atoms with E-state index in [1.165, 1.54) is 10.5 Å². The van der Waals surface area contributed by atoms with E-state index in [2.05, 4.69) is 11.4 Å². The minimum atomic E-state index is -0.931. The lowest BCUT2D eigenvalue weighted by atomic mass is 9.77. The lowest BCUT2D eigenvalue weighted by Crippen LogP contribution is -2.70. The predicted octanol–water partition coefficient (Wildman–Crippen LogP) is -0.0756. The summed E-state index contributed by atoms with van der Waals surface area (Å²) >= 11 is 0. The van der Waals surface area contributed by atoms with Crippen LogP contribution in [0.5, 0.6) is 0 Å². The standard InChI is InChI=1S/C15H20N4O2/c16-13(20)15(9-19(14(17)21)8-7-18-15)12-6-5-10-3-1-2-4-11(10)12/h1-4,12,18H,5-9H2,(H2,16,20)(H2,17,21)/t12-,15?/m0/s1. The van der Waals surface area contributed by atoms with E-state index in [1.54, 1.807) is 0 Å². The Morgan fingerprint density at radius 3 is 2.76 bits per heavy atom. The Morgan fingerprint density at radius 1 is 1.29 bits per heavy atom. The van der Waals surface area contributed by atoms with Crippen LogP contribution < -0.4 is 16.8 Å². The molecular weight excluding hydrogens is 268 g/mol. The minimum Gasteiger partial charge on any atom is -0.368 e. The SMILES string of the molecule is NC(=O)N1CCNC(C(N)=O)([C@H]2CCc3ccccc32)C1. The van der Waals surface area contributed by atoms with Gasteiger partial charge in [-0.3, -0.25) is 10.1 Å². The Balaban J connectivity index is 1.99.